The van der Waals surface area contributed by atoms with Gasteiger partial charge in [0.05, 0.1) is 11.9 Å². The van der Waals surface area contributed by atoms with Crippen LogP contribution in [0.1, 0.15) is 5.82 Å². The lowest BCUT2D eigenvalue weighted by atomic mass is 10.2. The molecule has 68 valence electrons. The van der Waals surface area contributed by atoms with Crippen molar-refractivity contribution in [1.82, 2.24) is 9.97 Å². The molecule has 0 amide bonds. The van der Waals surface area contributed by atoms with E-state index in [2.05, 4.69) is 25.9 Å². The molecule has 0 atom stereocenters. The Hall–Kier alpha value is -1.60. The molecule has 0 spiro atoms. The van der Waals surface area contributed by atoms with Gasteiger partial charge in [-0.3, -0.25) is 0 Å². The molecule has 3 nitrogen and oxygen atoms in total. The summed E-state index contributed by atoms with van der Waals surface area (Å²) in [4.78, 5) is 6.82. The molecule has 0 aliphatic rings. The van der Waals surface area contributed by atoms with Gasteiger partial charge in [0.1, 0.15) is 6.07 Å². The van der Waals surface area contributed by atoms with Gasteiger partial charge in [0.25, 0.3) is 0 Å². The van der Waals surface area contributed by atoms with Crippen LogP contribution in [-0.4, -0.2) is 9.97 Å². The molecule has 2 rings (SSSR count). The first kappa shape index (κ1) is 8.97. The second-order valence-corrected chi connectivity index (χ2v) is 3.68. The molecule has 1 N–H and O–H groups in total. The molecule has 0 radical (unpaired) electrons. The van der Waals surface area contributed by atoms with E-state index in [1.807, 2.05) is 30.3 Å². The zero-order valence-corrected chi connectivity index (χ0v) is 8.75. The number of rotatable bonds is 1. The quantitative estimate of drug-likeness (QED) is 0.843. The molecule has 14 heavy (non-hydrogen) atoms. The molecule has 0 aliphatic carbocycles. The molecule has 0 saturated carbocycles. The normalized spacial score (nSPS) is 9.71. The summed E-state index contributed by atoms with van der Waals surface area (Å²) in [7, 11) is 0. The van der Waals surface area contributed by atoms with Crippen molar-refractivity contribution >= 4 is 15.9 Å². The zero-order chi connectivity index (χ0) is 9.97. The van der Waals surface area contributed by atoms with Gasteiger partial charge in [-0.15, -0.1) is 0 Å². The van der Waals surface area contributed by atoms with Crippen molar-refractivity contribution in [2.24, 2.45) is 0 Å². The van der Waals surface area contributed by atoms with Crippen LogP contribution >= 0.6 is 15.9 Å². The fourth-order valence-electron chi connectivity index (χ4n) is 1.18. The minimum Gasteiger partial charge on any atom is -0.329 e. The van der Waals surface area contributed by atoms with Crippen LogP contribution in [0.5, 0.6) is 0 Å². The van der Waals surface area contributed by atoms with Crippen molar-refractivity contribution in [2.45, 2.75) is 0 Å². The number of aromatic amines is 1. The Balaban J connectivity index is 2.45. The fraction of sp³-hybridized carbons (Fsp3) is 0. The van der Waals surface area contributed by atoms with Crippen LogP contribution < -0.4 is 0 Å². The molecule has 1 aromatic carbocycles. The van der Waals surface area contributed by atoms with Crippen LogP contribution in [0.4, 0.5) is 0 Å². The number of H-pyrrole nitrogens is 1. The number of imidazole rings is 1. The average molecular weight is 248 g/mol. The fourth-order valence-corrected chi connectivity index (χ4v) is 1.58. The van der Waals surface area contributed by atoms with E-state index in [0.717, 1.165) is 15.7 Å². The number of nitriles is 1. The van der Waals surface area contributed by atoms with Gasteiger partial charge in [0.2, 0.25) is 5.82 Å². The van der Waals surface area contributed by atoms with E-state index in [0.29, 0.717) is 5.82 Å². The molecule has 4 heteroatoms. The smallest absolute Gasteiger partial charge is 0.210 e. The Morgan fingerprint density at radius 2 is 2.29 bits per heavy atom. The van der Waals surface area contributed by atoms with Crippen LogP contribution in [0.2, 0.25) is 0 Å². The van der Waals surface area contributed by atoms with E-state index in [-0.39, 0.29) is 0 Å². The highest BCUT2D eigenvalue weighted by Crippen LogP contribution is 2.20. The Bertz CT molecular complexity index is 496. The highest BCUT2D eigenvalue weighted by Gasteiger charge is 2.02. The van der Waals surface area contributed by atoms with Gasteiger partial charge in [0.15, 0.2) is 0 Å². The molecule has 0 fully saturated rings. The number of hydrogen-bond acceptors (Lipinski definition) is 2. The second kappa shape index (κ2) is 3.64. The van der Waals surface area contributed by atoms with E-state index < -0.39 is 0 Å². The molecule has 1 heterocycles. The second-order valence-electron chi connectivity index (χ2n) is 2.77. The van der Waals surface area contributed by atoms with Gasteiger partial charge in [-0.25, -0.2) is 4.98 Å². The molecule has 0 saturated heterocycles. The van der Waals surface area contributed by atoms with E-state index in [9.17, 15) is 0 Å². The van der Waals surface area contributed by atoms with E-state index in [1.54, 1.807) is 6.20 Å². The first-order valence-electron chi connectivity index (χ1n) is 4.00. The average Bonchev–Trinajstić information content (AvgIpc) is 2.66. The number of nitrogens with zero attached hydrogens (tertiary/aromatic N) is 2. The topological polar surface area (TPSA) is 52.5 Å². The number of aromatic nitrogens is 2. The number of halogens is 1. The lowest BCUT2D eigenvalue weighted by Gasteiger charge is -1.96. The monoisotopic (exact) mass is 247 g/mol. The maximum absolute atomic E-state index is 8.60. The van der Waals surface area contributed by atoms with Crippen molar-refractivity contribution in [3.63, 3.8) is 0 Å². The lowest BCUT2D eigenvalue weighted by molar-refractivity contribution is 1.23. The van der Waals surface area contributed by atoms with Crippen molar-refractivity contribution in [3.05, 3.63) is 40.8 Å². The summed E-state index contributed by atoms with van der Waals surface area (Å²) in [6.07, 6.45) is 1.65. The van der Waals surface area contributed by atoms with Gasteiger partial charge in [-0.1, -0.05) is 28.1 Å². The van der Waals surface area contributed by atoms with E-state index in [1.165, 1.54) is 0 Å². The van der Waals surface area contributed by atoms with Gasteiger partial charge in [-0.2, -0.15) is 5.26 Å². The third kappa shape index (κ3) is 1.68. The highest BCUT2D eigenvalue weighted by molar-refractivity contribution is 9.10. The van der Waals surface area contributed by atoms with Crippen LogP contribution in [0.15, 0.2) is 34.9 Å². The largest absolute Gasteiger partial charge is 0.329 e. The number of nitrogens with one attached hydrogen (secondary N) is 1. The third-order valence-corrected chi connectivity index (χ3v) is 2.31. The predicted octanol–water partition coefficient (Wildman–Crippen LogP) is 2.71. The Morgan fingerprint density at radius 3 is 2.93 bits per heavy atom. The summed E-state index contributed by atoms with van der Waals surface area (Å²) in [6, 6.07) is 9.76. The Labute approximate surface area is 89.5 Å². The van der Waals surface area contributed by atoms with Crippen LogP contribution in [0, 0.1) is 11.3 Å². The number of benzene rings is 1. The molecule has 1 aromatic heterocycles. The van der Waals surface area contributed by atoms with E-state index >= 15 is 0 Å². The predicted molar refractivity (Wildman–Crippen MR) is 56.4 cm³/mol. The van der Waals surface area contributed by atoms with E-state index in [4.69, 9.17) is 5.26 Å². The molecular formula is C10H6BrN3. The minimum absolute atomic E-state index is 0.333. The van der Waals surface area contributed by atoms with Crippen molar-refractivity contribution in [2.75, 3.05) is 0 Å². The SMILES string of the molecule is N#Cc1ncc(-c2cccc(Br)c2)[nH]1. The summed E-state index contributed by atoms with van der Waals surface area (Å²) in [5.74, 6) is 0.333. The van der Waals surface area contributed by atoms with Gasteiger partial charge >= 0.3 is 0 Å². The Kier molecular flexibility index (Phi) is 2.33. The molecular weight excluding hydrogens is 242 g/mol. The molecule has 0 aliphatic heterocycles. The van der Waals surface area contributed by atoms with Crippen LogP contribution in [0.3, 0.4) is 0 Å². The van der Waals surface area contributed by atoms with Crippen LogP contribution in [0.25, 0.3) is 11.3 Å². The highest BCUT2D eigenvalue weighted by atomic mass is 79.9. The Morgan fingerprint density at radius 1 is 1.43 bits per heavy atom. The molecule has 0 unspecified atom stereocenters. The van der Waals surface area contributed by atoms with Gasteiger partial charge < -0.3 is 4.98 Å². The summed E-state index contributed by atoms with van der Waals surface area (Å²) < 4.78 is 1.00. The lowest BCUT2D eigenvalue weighted by Crippen LogP contribution is -1.78. The minimum atomic E-state index is 0.333. The van der Waals surface area contributed by atoms with Gasteiger partial charge in [-0.05, 0) is 12.1 Å². The van der Waals surface area contributed by atoms with Crippen molar-refractivity contribution in [3.8, 4) is 17.3 Å². The first-order valence-corrected chi connectivity index (χ1v) is 4.80. The summed E-state index contributed by atoms with van der Waals surface area (Å²) in [6.45, 7) is 0. The van der Waals surface area contributed by atoms with Crippen LogP contribution in [-0.2, 0) is 0 Å². The molecule has 0 bridgehead atoms. The standard InChI is InChI=1S/C10H6BrN3/c11-8-3-1-2-7(4-8)9-6-13-10(5-12)14-9/h1-4,6H,(H,13,14). The zero-order valence-electron chi connectivity index (χ0n) is 7.16. The summed E-state index contributed by atoms with van der Waals surface area (Å²) in [5, 5.41) is 8.60. The summed E-state index contributed by atoms with van der Waals surface area (Å²) >= 11 is 3.38. The number of hydrogen-bond donors (Lipinski definition) is 1. The van der Waals surface area contributed by atoms with Gasteiger partial charge in [0, 0.05) is 10.0 Å². The maximum atomic E-state index is 8.60. The maximum Gasteiger partial charge on any atom is 0.210 e. The van der Waals surface area contributed by atoms with Crippen molar-refractivity contribution in [1.29, 1.82) is 5.26 Å². The first-order chi connectivity index (χ1) is 6.79. The molecule has 2 aromatic rings. The van der Waals surface area contributed by atoms with Crippen molar-refractivity contribution < 1.29 is 0 Å². The third-order valence-electron chi connectivity index (χ3n) is 1.82. The summed E-state index contributed by atoms with van der Waals surface area (Å²) in [5.41, 5.74) is 1.86.